The number of piperidine rings is 1. The molecular weight excluding hydrogens is 278 g/mol. The Kier molecular flexibility index (Phi) is 7.98. The van der Waals surface area contributed by atoms with E-state index < -0.39 is 10.2 Å². The van der Waals surface area contributed by atoms with E-state index in [1.54, 1.807) is 4.31 Å². The van der Waals surface area contributed by atoms with Gasteiger partial charge in [-0.1, -0.05) is 13.8 Å². The largest absolute Gasteiger partial charge is 0.380 e. The summed E-state index contributed by atoms with van der Waals surface area (Å²) in [5, 5.41) is 3.39. The van der Waals surface area contributed by atoms with Crippen molar-refractivity contribution in [3.05, 3.63) is 0 Å². The third-order valence-electron chi connectivity index (χ3n) is 3.37. The van der Waals surface area contributed by atoms with Gasteiger partial charge >= 0.3 is 0 Å². The topological polar surface area (TPSA) is 70.7 Å². The van der Waals surface area contributed by atoms with E-state index in [2.05, 4.69) is 23.9 Å². The Labute approximate surface area is 123 Å². The molecule has 1 atom stereocenters. The summed E-state index contributed by atoms with van der Waals surface area (Å²) < 4.78 is 33.7. The average Bonchev–Trinajstić information content (AvgIpc) is 2.42. The second kappa shape index (κ2) is 8.94. The Morgan fingerprint density at radius 3 is 2.80 bits per heavy atom. The molecule has 7 heteroatoms. The fourth-order valence-corrected chi connectivity index (χ4v) is 3.59. The van der Waals surface area contributed by atoms with E-state index in [1.165, 1.54) is 0 Å². The smallest absolute Gasteiger partial charge is 0.279 e. The van der Waals surface area contributed by atoms with Gasteiger partial charge in [0.2, 0.25) is 0 Å². The van der Waals surface area contributed by atoms with Gasteiger partial charge in [0.25, 0.3) is 10.2 Å². The molecule has 1 heterocycles. The zero-order chi connectivity index (χ0) is 15.0. The van der Waals surface area contributed by atoms with Gasteiger partial charge < -0.3 is 10.1 Å². The van der Waals surface area contributed by atoms with Gasteiger partial charge in [-0.3, -0.25) is 0 Å². The lowest BCUT2D eigenvalue weighted by Gasteiger charge is -2.32. The Bertz CT molecular complexity index is 360. The van der Waals surface area contributed by atoms with Gasteiger partial charge in [0.05, 0.1) is 6.61 Å². The van der Waals surface area contributed by atoms with Gasteiger partial charge in [-0.15, -0.1) is 0 Å². The first kappa shape index (κ1) is 17.8. The van der Waals surface area contributed by atoms with Crippen LogP contribution in [-0.4, -0.2) is 58.2 Å². The summed E-state index contributed by atoms with van der Waals surface area (Å²) in [6.07, 6.45) is 2.02. The molecule has 1 saturated heterocycles. The van der Waals surface area contributed by atoms with E-state index in [0.717, 1.165) is 19.4 Å². The normalized spacial score (nSPS) is 21.5. The summed E-state index contributed by atoms with van der Waals surface area (Å²) in [5.41, 5.74) is 0. The standard InChI is InChI=1S/C13H29N3O3S/c1-4-19-9-7-15-20(17,18)16-8-5-6-13(11-16)10-14-12(2)3/h12-15H,4-11H2,1-3H3. The van der Waals surface area contributed by atoms with E-state index in [4.69, 9.17) is 4.74 Å². The number of rotatable bonds is 9. The molecule has 0 amide bonds. The van der Waals surface area contributed by atoms with Crippen LogP contribution in [0.15, 0.2) is 0 Å². The van der Waals surface area contributed by atoms with E-state index in [-0.39, 0.29) is 0 Å². The molecule has 20 heavy (non-hydrogen) atoms. The van der Waals surface area contributed by atoms with Crippen molar-refractivity contribution in [2.45, 2.75) is 39.7 Å². The molecule has 0 spiro atoms. The second-order valence-electron chi connectivity index (χ2n) is 5.53. The molecule has 1 fully saturated rings. The summed E-state index contributed by atoms with van der Waals surface area (Å²) in [4.78, 5) is 0. The van der Waals surface area contributed by atoms with Gasteiger partial charge in [-0.2, -0.15) is 17.4 Å². The van der Waals surface area contributed by atoms with Crippen LogP contribution >= 0.6 is 0 Å². The molecule has 0 aromatic rings. The summed E-state index contributed by atoms with van der Waals surface area (Å²) in [5.74, 6) is 0.398. The van der Waals surface area contributed by atoms with Gasteiger partial charge in [0.1, 0.15) is 0 Å². The Hall–Kier alpha value is -0.210. The van der Waals surface area contributed by atoms with Crippen molar-refractivity contribution in [2.24, 2.45) is 5.92 Å². The van der Waals surface area contributed by atoms with Crippen molar-refractivity contribution in [1.82, 2.24) is 14.3 Å². The zero-order valence-corrected chi connectivity index (χ0v) is 13.7. The molecule has 120 valence electrons. The fourth-order valence-electron chi connectivity index (χ4n) is 2.29. The monoisotopic (exact) mass is 307 g/mol. The van der Waals surface area contributed by atoms with Crippen LogP contribution in [-0.2, 0) is 14.9 Å². The van der Waals surface area contributed by atoms with Crippen molar-refractivity contribution in [2.75, 3.05) is 39.4 Å². The molecule has 1 aliphatic rings. The van der Waals surface area contributed by atoms with E-state index in [1.807, 2.05) is 6.92 Å². The maximum atomic E-state index is 12.2. The molecule has 0 bridgehead atoms. The predicted molar refractivity (Wildman–Crippen MR) is 80.9 cm³/mol. The number of hydrogen-bond donors (Lipinski definition) is 2. The zero-order valence-electron chi connectivity index (χ0n) is 12.9. The highest BCUT2D eigenvalue weighted by Crippen LogP contribution is 2.18. The predicted octanol–water partition coefficient (Wildman–Crippen LogP) is 0.567. The van der Waals surface area contributed by atoms with Crippen LogP contribution in [0.1, 0.15) is 33.6 Å². The average molecular weight is 307 g/mol. The fraction of sp³-hybridized carbons (Fsp3) is 1.00. The molecule has 0 saturated carbocycles. The minimum Gasteiger partial charge on any atom is -0.380 e. The second-order valence-corrected chi connectivity index (χ2v) is 7.28. The third kappa shape index (κ3) is 6.49. The molecule has 0 aromatic carbocycles. The number of nitrogens with one attached hydrogen (secondary N) is 2. The SMILES string of the molecule is CCOCCNS(=O)(=O)N1CCCC(CNC(C)C)C1. The molecule has 6 nitrogen and oxygen atoms in total. The first-order chi connectivity index (χ1) is 9.45. The molecular formula is C13H29N3O3S. The highest BCUT2D eigenvalue weighted by Gasteiger charge is 2.28. The number of hydrogen-bond acceptors (Lipinski definition) is 4. The highest BCUT2D eigenvalue weighted by molar-refractivity contribution is 7.87. The quantitative estimate of drug-likeness (QED) is 0.611. The van der Waals surface area contributed by atoms with E-state index in [9.17, 15) is 8.42 Å². The summed E-state index contributed by atoms with van der Waals surface area (Å²) >= 11 is 0. The van der Waals surface area contributed by atoms with Crippen LogP contribution in [0.2, 0.25) is 0 Å². The van der Waals surface area contributed by atoms with Crippen molar-refractivity contribution in [1.29, 1.82) is 0 Å². The van der Waals surface area contributed by atoms with Crippen LogP contribution < -0.4 is 10.0 Å². The molecule has 1 rings (SSSR count). The lowest BCUT2D eigenvalue weighted by Crippen LogP contribution is -2.48. The molecule has 0 radical (unpaired) electrons. The van der Waals surface area contributed by atoms with Crippen LogP contribution in [0.25, 0.3) is 0 Å². The third-order valence-corrected chi connectivity index (χ3v) is 4.95. The van der Waals surface area contributed by atoms with Crippen LogP contribution in [0.5, 0.6) is 0 Å². The van der Waals surface area contributed by atoms with Gasteiger partial charge in [-0.25, -0.2) is 0 Å². The lowest BCUT2D eigenvalue weighted by atomic mass is 9.99. The van der Waals surface area contributed by atoms with Crippen molar-refractivity contribution in [3.63, 3.8) is 0 Å². The number of ether oxygens (including phenoxy) is 1. The van der Waals surface area contributed by atoms with Crippen molar-refractivity contribution < 1.29 is 13.2 Å². The molecule has 2 N–H and O–H groups in total. The van der Waals surface area contributed by atoms with Crippen LogP contribution in [0.3, 0.4) is 0 Å². The molecule has 0 aliphatic carbocycles. The maximum Gasteiger partial charge on any atom is 0.279 e. The minimum absolute atomic E-state index is 0.335. The Morgan fingerprint density at radius 1 is 1.40 bits per heavy atom. The molecule has 1 unspecified atom stereocenters. The highest BCUT2D eigenvalue weighted by atomic mass is 32.2. The van der Waals surface area contributed by atoms with Crippen LogP contribution in [0, 0.1) is 5.92 Å². The lowest BCUT2D eigenvalue weighted by molar-refractivity contribution is 0.152. The van der Waals surface area contributed by atoms with Crippen molar-refractivity contribution >= 4 is 10.2 Å². The first-order valence-corrected chi connectivity index (χ1v) is 8.95. The van der Waals surface area contributed by atoms with Crippen molar-refractivity contribution in [3.8, 4) is 0 Å². The molecule has 0 aromatic heterocycles. The first-order valence-electron chi connectivity index (χ1n) is 7.51. The Balaban J connectivity index is 2.40. The van der Waals surface area contributed by atoms with Gasteiger partial charge in [0.15, 0.2) is 0 Å². The number of nitrogens with zero attached hydrogens (tertiary/aromatic N) is 1. The minimum atomic E-state index is -3.36. The van der Waals surface area contributed by atoms with Crippen LogP contribution in [0.4, 0.5) is 0 Å². The van der Waals surface area contributed by atoms with Gasteiger partial charge in [-0.05, 0) is 32.2 Å². The summed E-state index contributed by atoms with van der Waals surface area (Å²) in [6.45, 7) is 9.55. The maximum absolute atomic E-state index is 12.2. The summed E-state index contributed by atoms with van der Waals surface area (Å²) in [7, 11) is -3.36. The Morgan fingerprint density at radius 2 is 2.15 bits per heavy atom. The van der Waals surface area contributed by atoms with E-state index >= 15 is 0 Å². The molecule has 1 aliphatic heterocycles. The van der Waals surface area contributed by atoms with E-state index in [0.29, 0.717) is 44.8 Å². The van der Waals surface area contributed by atoms with Gasteiger partial charge in [0, 0.05) is 32.3 Å². The summed E-state index contributed by atoms with van der Waals surface area (Å²) in [6, 6.07) is 0.436.